The highest BCUT2D eigenvalue weighted by molar-refractivity contribution is 7.90. The van der Waals surface area contributed by atoms with Gasteiger partial charge in [-0.1, -0.05) is 29.8 Å². The van der Waals surface area contributed by atoms with E-state index in [0.29, 0.717) is 46.9 Å². The Morgan fingerprint density at radius 3 is 2.35 bits per heavy atom. The quantitative estimate of drug-likeness (QED) is 0.375. The molecule has 1 aliphatic heterocycles. The molecule has 0 spiro atoms. The van der Waals surface area contributed by atoms with Crippen LogP contribution in [0.15, 0.2) is 65.7 Å². The molecule has 9 heteroatoms. The van der Waals surface area contributed by atoms with Crippen LogP contribution in [0.5, 0.6) is 11.6 Å². The van der Waals surface area contributed by atoms with Crippen molar-refractivity contribution in [2.24, 2.45) is 5.92 Å². The number of hydrogen-bond donors (Lipinski definition) is 0. The van der Waals surface area contributed by atoms with Gasteiger partial charge < -0.3 is 14.4 Å². The minimum absolute atomic E-state index is 0.160. The standard InChI is InChI=1S/C28H31ClN2O5S/c1-35-26-10-3-20(17-25(26)29)4-12-28(32)31-15-13-21(14-16-31)19-36-27-11-7-23(18-30-27)22-5-8-24(9-6-22)37(2,33)34/h3,5-11,17-18,21H,4,12-16,19H2,1-2H3. The number of carbonyl (C=O) groups is 1. The van der Waals surface area contributed by atoms with E-state index in [4.69, 9.17) is 21.1 Å². The van der Waals surface area contributed by atoms with Crippen LogP contribution >= 0.6 is 11.6 Å². The van der Waals surface area contributed by atoms with Crippen LogP contribution in [-0.4, -0.2) is 57.3 Å². The zero-order valence-corrected chi connectivity index (χ0v) is 22.6. The number of methoxy groups -OCH3 is 1. The lowest BCUT2D eigenvalue weighted by atomic mass is 9.97. The SMILES string of the molecule is COc1ccc(CCC(=O)N2CCC(COc3ccc(-c4ccc(S(C)(=O)=O)cc4)cn3)CC2)cc1Cl. The Bertz CT molecular complexity index is 1320. The van der Waals surface area contributed by atoms with Crippen molar-refractivity contribution in [3.05, 3.63) is 71.4 Å². The number of halogens is 1. The number of ether oxygens (including phenoxy) is 2. The monoisotopic (exact) mass is 542 g/mol. The van der Waals surface area contributed by atoms with Crippen molar-refractivity contribution >= 4 is 27.3 Å². The third kappa shape index (κ3) is 7.23. The maximum Gasteiger partial charge on any atom is 0.222 e. The van der Waals surface area contributed by atoms with Crippen LogP contribution < -0.4 is 9.47 Å². The van der Waals surface area contributed by atoms with E-state index < -0.39 is 9.84 Å². The van der Waals surface area contributed by atoms with Gasteiger partial charge >= 0.3 is 0 Å². The molecule has 0 aliphatic carbocycles. The maximum absolute atomic E-state index is 12.7. The summed E-state index contributed by atoms with van der Waals surface area (Å²) in [6.07, 6.45) is 5.81. The molecule has 7 nitrogen and oxygen atoms in total. The van der Waals surface area contributed by atoms with E-state index in [1.54, 1.807) is 37.6 Å². The minimum Gasteiger partial charge on any atom is -0.495 e. The molecular formula is C28H31ClN2O5S. The van der Waals surface area contributed by atoms with Gasteiger partial charge in [-0.05, 0) is 66.6 Å². The third-order valence-corrected chi connectivity index (χ3v) is 8.05. The van der Waals surface area contributed by atoms with Crippen molar-refractivity contribution in [3.8, 4) is 22.8 Å². The highest BCUT2D eigenvalue weighted by atomic mass is 35.5. The summed E-state index contributed by atoms with van der Waals surface area (Å²) in [6, 6.07) is 16.1. The summed E-state index contributed by atoms with van der Waals surface area (Å²) in [4.78, 5) is 19.3. The number of benzene rings is 2. The van der Waals surface area contributed by atoms with Crippen molar-refractivity contribution < 1.29 is 22.7 Å². The minimum atomic E-state index is -3.22. The number of pyridine rings is 1. The molecule has 0 atom stereocenters. The number of hydrogen-bond acceptors (Lipinski definition) is 6. The van der Waals surface area contributed by atoms with E-state index in [1.807, 2.05) is 35.2 Å². The predicted octanol–water partition coefficient (Wildman–Crippen LogP) is 5.06. The van der Waals surface area contributed by atoms with E-state index in [0.717, 1.165) is 42.6 Å². The molecule has 0 bridgehead atoms. The molecule has 2 heterocycles. The first kappa shape index (κ1) is 26.9. The van der Waals surface area contributed by atoms with Gasteiger partial charge in [0.25, 0.3) is 0 Å². The van der Waals surface area contributed by atoms with Gasteiger partial charge in [-0.2, -0.15) is 0 Å². The van der Waals surface area contributed by atoms with Gasteiger partial charge in [0.1, 0.15) is 5.75 Å². The van der Waals surface area contributed by atoms with Crippen molar-refractivity contribution in [1.29, 1.82) is 0 Å². The number of amides is 1. The number of piperidine rings is 1. The molecule has 0 N–H and O–H groups in total. The number of aryl methyl sites for hydroxylation is 1. The Morgan fingerprint density at radius 1 is 1.05 bits per heavy atom. The second-order valence-corrected chi connectivity index (χ2v) is 11.7. The second kappa shape index (κ2) is 12.0. The van der Waals surface area contributed by atoms with Gasteiger partial charge in [0.15, 0.2) is 9.84 Å². The van der Waals surface area contributed by atoms with Crippen LogP contribution in [0.1, 0.15) is 24.8 Å². The largest absolute Gasteiger partial charge is 0.495 e. The van der Waals surface area contributed by atoms with Gasteiger partial charge in [-0.3, -0.25) is 4.79 Å². The molecule has 1 aliphatic rings. The van der Waals surface area contributed by atoms with Crippen LogP contribution in [-0.2, 0) is 21.1 Å². The summed E-state index contributed by atoms with van der Waals surface area (Å²) in [5.41, 5.74) is 2.79. The maximum atomic E-state index is 12.7. The average Bonchev–Trinajstić information content (AvgIpc) is 2.91. The van der Waals surface area contributed by atoms with Gasteiger partial charge in [0, 0.05) is 43.6 Å². The number of likely N-dealkylation sites (tertiary alicyclic amines) is 1. The molecule has 0 saturated carbocycles. The van der Waals surface area contributed by atoms with Gasteiger partial charge in [0.05, 0.1) is 23.6 Å². The predicted molar refractivity (Wildman–Crippen MR) is 144 cm³/mol. The molecule has 2 aromatic carbocycles. The lowest BCUT2D eigenvalue weighted by Gasteiger charge is -2.32. The Balaban J connectivity index is 1.20. The molecule has 3 aromatic rings. The fourth-order valence-electron chi connectivity index (χ4n) is 4.36. The number of nitrogens with zero attached hydrogens (tertiary/aromatic N) is 2. The molecular weight excluding hydrogens is 512 g/mol. The van der Waals surface area contributed by atoms with Crippen molar-refractivity contribution in [3.63, 3.8) is 0 Å². The molecule has 1 saturated heterocycles. The topological polar surface area (TPSA) is 85.8 Å². The van der Waals surface area contributed by atoms with E-state index in [-0.39, 0.29) is 5.91 Å². The molecule has 1 amide bonds. The van der Waals surface area contributed by atoms with Gasteiger partial charge in [0.2, 0.25) is 11.8 Å². The molecule has 1 aromatic heterocycles. The van der Waals surface area contributed by atoms with Crippen LogP contribution in [0.2, 0.25) is 5.02 Å². The number of aromatic nitrogens is 1. The average molecular weight is 543 g/mol. The first-order chi connectivity index (χ1) is 17.7. The Hall–Kier alpha value is -3.10. The molecule has 196 valence electrons. The summed E-state index contributed by atoms with van der Waals surface area (Å²) in [5.74, 6) is 1.71. The lowest BCUT2D eigenvalue weighted by molar-refractivity contribution is -0.132. The number of rotatable bonds is 9. The van der Waals surface area contributed by atoms with E-state index in [9.17, 15) is 13.2 Å². The Morgan fingerprint density at radius 2 is 1.76 bits per heavy atom. The Labute approximate surface area is 223 Å². The van der Waals surface area contributed by atoms with Crippen molar-refractivity contribution in [1.82, 2.24) is 9.88 Å². The van der Waals surface area contributed by atoms with Crippen molar-refractivity contribution in [2.45, 2.75) is 30.6 Å². The molecule has 4 rings (SSSR count). The lowest BCUT2D eigenvalue weighted by Crippen LogP contribution is -2.39. The van der Waals surface area contributed by atoms with Crippen LogP contribution in [0, 0.1) is 5.92 Å². The van der Waals surface area contributed by atoms with Crippen LogP contribution in [0.4, 0.5) is 0 Å². The van der Waals surface area contributed by atoms with E-state index in [1.165, 1.54) is 6.26 Å². The van der Waals surface area contributed by atoms with E-state index in [2.05, 4.69) is 4.98 Å². The zero-order chi connectivity index (χ0) is 26.4. The fraction of sp³-hybridized carbons (Fsp3) is 0.357. The number of carbonyl (C=O) groups excluding carboxylic acids is 1. The molecule has 0 radical (unpaired) electrons. The molecule has 37 heavy (non-hydrogen) atoms. The second-order valence-electron chi connectivity index (χ2n) is 9.29. The molecule has 1 fully saturated rings. The van der Waals surface area contributed by atoms with Crippen LogP contribution in [0.25, 0.3) is 11.1 Å². The summed E-state index contributed by atoms with van der Waals surface area (Å²) in [7, 11) is -1.64. The fourth-order valence-corrected chi connectivity index (χ4v) is 5.27. The zero-order valence-electron chi connectivity index (χ0n) is 21.0. The first-order valence-electron chi connectivity index (χ1n) is 12.2. The highest BCUT2D eigenvalue weighted by Gasteiger charge is 2.23. The Kier molecular flexibility index (Phi) is 8.71. The highest BCUT2D eigenvalue weighted by Crippen LogP contribution is 2.26. The third-order valence-electron chi connectivity index (χ3n) is 6.63. The number of sulfone groups is 1. The summed E-state index contributed by atoms with van der Waals surface area (Å²) < 4.78 is 34.4. The first-order valence-corrected chi connectivity index (χ1v) is 14.5. The summed E-state index contributed by atoms with van der Waals surface area (Å²) in [5, 5.41) is 0.556. The van der Waals surface area contributed by atoms with Gasteiger partial charge in [-0.15, -0.1) is 0 Å². The van der Waals surface area contributed by atoms with Crippen LogP contribution in [0.3, 0.4) is 0 Å². The normalized spacial score (nSPS) is 14.4. The summed E-state index contributed by atoms with van der Waals surface area (Å²) >= 11 is 6.18. The van der Waals surface area contributed by atoms with Crippen molar-refractivity contribution in [2.75, 3.05) is 33.1 Å². The smallest absolute Gasteiger partial charge is 0.222 e. The summed E-state index contributed by atoms with van der Waals surface area (Å²) in [6.45, 7) is 2.01. The van der Waals surface area contributed by atoms with E-state index >= 15 is 0 Å². The molecule has 0 unspecified atom stereocenters. The van der Waals surface area contributed by atoms with Gasteiger partial charge in [-0.25, -0.2) is 13.4 Å².